The van der Waals surface area contributed by atoms with Crippen molar-refractivity contribution in [1.29, 1.82) is 0 Å². The summed E-state index contributed by atoms with van der Waals surface area (Å²) in [6.45, 7) is 4.11. The average Bonchev–Trinajstić information content (AvgIpc) is 2.74. The van der Waals surface area contributed by atoms with Crippen molar-refractivity contribution in [3.8, 4) is 0 Å². The first-order chi connectivity index (χ1) is 7.77. The highest BCUT2D eigenvalue weighted by molar-refractivity contribution is 6.08. The Hall–Kier alpha value is -1.64. The number of ketones is 1. The molecule has 3 heteroatoms. The third kappa shape index (κ3) is 1.73. The summed E-state index contributed by atoms with van der Waals surface area (Å²) < 4.78 is 0. The van der Waals surface area contributed by atoms with Crippen LogP contribution in [0.5, 0.6) is 0 Å². The van der Waals surface area contributed by atoms with E-state index in [4.69, 9.17) is 0 Å². The molecule has 0 aliphatic heterocycles. The summed E-state index contributed by atoms with van der Waals surface area (Å²) in [7, 11) is 0. The largest absolute Gasteiger partial charge is 0.360 e. The second-order valence-electron chi connectivity index (χ2n) is 4.00. The van der Waals surface area contributed by atoms with E-state index in [0.29, 0.717) is 0 Å². The van der Waals surface area contributed by atoms with Crippen molar-refractivity contribution in [2.24, 2.45) is 5.92 Å². The molecule has 3 nitrogen and oxygen atoms in total. The van der Waals surface area contributed by atoms with Gasteiger partial charge in [-0.1, -0.05) is 13.8 Å². The lowest BCUT2D eigenvalue weighted by atomic mass is 9.93. The molecule has 0 spiro atoms. The molecule has 1 N–H and O–H groups in total. The molecule has 0 saturated carbocycles. The molecular weight excluding hydrogens is 200 g/mol. The lowest BCUT2D eigenvalue weighted by Crippen LogP contribution is -2.12. The third-order valence-corrected chi connectivity index (χ3v) is 3.11. The molecule has 2 rings (SSSR count). The predicted octanol–water partition coefficient (Wildman–Crippen LogP) is 3.18. The molecule has 0 aromatic carbocycles. The molecule has 0 saturated heterocycles. The van der Waals surface area contributed by atoms with Gasteiger partial charge in [0.15, 0.2) is 5.78 Å². The molecule has 84 valence electrons. The zero-order valence-corrected chi connectivity index (χ0v) is 9.66. The Bertz CT molecular complexity index is 497. The van der Waals surface area contributed by atoms with Gasteiger partial charge in [0, 0.05) is 41.0 Å². The Balaban J connectivity index is 2.43. The molecule has 0 radical (unpaired) electrons. The van der Waals surface area contributed by atoms with Crippen LogP contribution in [0.15, 0.2) is 24.7 Å². The smallest absolute Gasteiger partial charge is 0.168 e. The zero-order chi connectivity index (χ0) is 11.5. The number of nitrogens with zero attached hydrogens (tertiary/aromatic N) is 1. The summed E-state index contributed by atoms with van der Waals surface area (Å²) >= 11 is 0. The van der Waals surface area contributed by atoms with Gasteiger partial charge in [-0.15, -0.1) is 0 Å². The second kappa shape index (κ2) is 4.47. The fraction of sp³-hybridized carbons (Fsp3) is 0.385. The van der Waals surface area contributed by atoms with Gasteiger partial charge < -0.3 is 4.98 Å². The minimum atomic E-state index is 0.124. The summed E-state index contributed by atoms with van der Waals surface area (Å²) in [4.78, 5) is 19.4. The summed E-state index contributed by atoms with van der Waals surface area (Å²) in [5, 5.41) is 0.930. The van der Waals surface area contributed by atoms with Crippen LogP contribution < -0.4 is 0 Å². The van der Waals surface area contributed by atoms with Crippen LogP contribution in [0.2, 0.25) is 0 Å². The second-order valence-corrected chi connectivity index (χ2v) is 4.00. The van der Waals surface area contributed by atoms with Crippen LogP contribution in [0, 0.1) is 5.92 Å². The summed E-state index contributed by atoms with van der Waals surface area (Å²) in [5.41, 5.74) is 1.75. The zero-order valence-electron chi connectivity index (χ0n) is 9.66. The SMILES string of the molecule is CCC(CC)C(=O)c1c[nH]c2ccncc12. The Kier molecular flexibility index (Phi) is 3.04. The van der Waals surface area contributed by atoms with Gasteiger partial charge in [0.25, 0.3) is 0 Å². The molecule has 0 aliphatic rings. The highest BCUT2D eigenvalue weighted by Gasteiger charge is 2.19. The number of carbonyl (C=O) groups is 1. The number of H-pyrrole nitrogens is 1. The van der Waals surface area contributed by atoms with Crippen molar-refractivity contribution in [3.05, 3.63) is 30.2 Å². The van der Waals surface area contributed by atoms with Crippen molar-refractivity contribution in [3.63, 3.8) is 0 Å². The first-order valence-electron chi connectivity index (χ1n) is 5.73. The number of rotatable bonds is 4. The molecule has 0 fully saturated rings. The number of hydrogen-bond donors (Lipinski definition) is 1. The van der Waals surface area contributed by atoms with Gasteiger partial charge in [-0.25, -0.2) is 0 Å². The van der Waals surface area contributed by atoms with Crippen LogP contribution in [-0.4, -0.2) is 15.8 Å². The Morgan fingerprint density at radius 3 is 2.88 bits per heavy atom. The summed E-state index contributed by atoms with van der Waals surface area (Å²) in [5.74, 6) is 0.350. The van der Waals surface area contributed by atoms with Gasteiger partial charge in [-0.05, 0) is 18.9 Å². The normalized spacial score (nSPS) is 11.2. The third-order valence-electron chi connectivity index (χ3n) is 3.11. The molecule has 0 bridgehead atoms. The number of hydrogen-bond acceptors (Lipinski definition) is 2. The fourth-order valence-electron chi connectivity index (χ4n) is 2.05. The van der Waals surface area contributed by atoms with Crippen LogP contribution in [0.4, 0.5) is 0 Å². The Morgan fingerprint density at radius 2 is 2.19 bits per heavy atom. The van der Waals surface area contributed by atoms with E-state index >= 15 is 0 Å². The lowest BCUT2D eigenvalue weighted by molar-refractivity contribution is 0.0915. The van der Waals surface area contributed by atoms with Gasteiger partial charge in [0.1, 0.15) is 0 Å². The molecule has 2 aromatic rings. The lowest BCUT2D eigenvalue weighted by Gasteiger charge is -2.09. The molecule has 0 aliphatic carbocycles. The van der Waals surface area contributed by atoms with Crippen molar-refractivity contribution in [2.45, 2.75) is 26.7 Å². The number of Topliss-reactive ketones (excluding diaryl/α,β-unsaturated/α-hetero) is 1. The van der Waals surface area contributed by atoms with Crippen LogP contribution in [0.25, 0.3) is 10.9 Å². The van der Waals surface area contributed by atoms with Gasteiger partial charge in [0.05, 0.1) is 0 Å². The van der Waals surface area contributed by atoms with Crippen LogP contribution >= 0.6 is 0 Å². The number of aromatic amines is 1. The predicted molar refractivity (Wildman–Crippen MR) is 64.5 cm³/mol. The summed E-state index contributed by atoms with van der Waals surface area (Å²) in [6.07, 6.45) is 7.06. The fourth-order valence-corrected chi connectivity index (χ4v) is 2.05. The van der Waals surface area contributed by atoms with Crippen LogP contribution in [0.3, 0.4) is 0 Å². The van der Waals surface area contributed by atoms with E-state index in [-0.39, 0.29) is 11.7 Å². The van der Waals surface area contributed by atoms with Crippen molar-refractivity contribution >= 4 is 16.7 Å². The maximum absolute atomic E-state index is 12.2. The van der Waals surface area contributed by atoms with E-state index in [0.717, 1.165) is 29.3 Å². The van der Waals surface area contributed by atoms with E-state index in [1.165, 1.54) is 0 Å². The molecular formula is C13H16N2O. The first kappa shape index (κ1) is 10.9. The maximum atomic E-state index is 12.2. The number of carbonyl (C=O) groups excluding carboxylic acids is 1. The van der Waals surface area contributed by atoms with Crippen LogP contribution in [-0.2, 0) is 0 Å². The standard InChI is InChI=1S/C13H16N2O/c1-3-9(4-2)13(16)11-8-15-12-5-6-14-7-10(11)12/h5-9,15H,3-4H2,1-2H3. The van der Waals surface area contributed by atoms with E-state index in [1.807, 2.05) is 6.07 Å². The minimum absolute atomic E-state index is 0.124. The van der Waals surface area contributed by atoms with Gasteiger partial charge in [0.2, 0.25) is 0 Å². The van der Waals surface area contributed by atoms with E-state index in [9.17, 15) is 4.79 Å². The molecule has 0 unspecified atom stereocenters. The molecule has 2 heterocycles. The number of fused-ring (bicyclic) bond motifs is 1. The Labute approximate surface area is 94.9 Å². The highest BCUT2D eigenvalue weighted by Crippen LogP contribution is 2.22. The quantitative estimate of drug-likeness (QED) is 0.798. The summed E-state index contributed by atoms with van der Waals surface area (Å²) in [6, 6.07) is 1.89. The van der Waals surface area contributed by atoms with Crippen LogP contribution in [0.1, 0.15) is 37.0 Å². The van der Waals surface area contributed by atoms with Crippen molar-refractivity contribution < 1.29 is 4.79 Å². The minimum Gasteiger partial charge on any atom is -0.360 e. The molecule has 16 heavy (non-hydrogen) atoms. The van der Waals surface area contributed by atoms with E-state index in [1.54, 1.807) is 18.6 Å². The monoisotopic (exact) mass is 216 g/mol. The van der Waals surface area contributed by atoms with Gasteiger partial charge in [-0.2, -0.15) is 0 Å². The number of pyridine rings is 1. The molecule has 0 atom stereocenters. The average molecular weight is 216 g/mol. The first-order valence-corrected chi connectivity index (χ1v) is 5.73. The van der Waals surface area contributed by atoms with Crippen molar-refractivity contribution in [1.82, 2.24) is 9.97 Å². The Morgan fingerprint density at radius 1 is 1.44 bits per heavy atom. The van der Waals surface area contributed by atoms with E-state index in [2.05, 4.69) is 23.8 Å². The number of aromatic nitrogens is 2. The van der Waals surface area contributed by atoms with Crippen molar-refractivity contribution in [2.75, 3.05) is 0 Å². The topological polar surface area (TPSA) is 45.8 Å². The van der Waals surface area contributed by atoms with E-state index < -0.39 is 0 Å². The molecule has 2 aromatic heterocycles. The maximum Gasteiger partial charge on any atom is 0.168 e. The number of nitrogens with one attached hydrogen (secondary N) is 1. The highest BCUT2D eigenvalue weighted by atomic mass is 16.1. The molecule has 0 amide bonds. The van der Waals surface area contributed by atoms with Gasteiger partial charge >= 0.3 is 0 Å². The van der Waals surface area contributed by atoms with Gasteiger partial charge in [-0.3, -0.25) is 9.78 Å².